The highest BCUT2D eigenvalue weighted by molar-refractivity contribution is 7.12. The third-order valence-electron chi connectivity index (χ3n) is 2.67. The molecule has 0 fully saturated rings. The molecule has 2 heterocycles. The largest absolute Gasteiger partial charge is 0.469 e. The Morgan fingerprint density at radius 1 is 1.47 bits per heavy atom. The van der Waals surface area contributed by atoms with Gasteiger partial charge in [0.25, 0.3) is 0 Å². The Bertz CT molecular complexity index is 508. The number of thiophene rings is 1. The molecule has 5 nitrogen and oxygen atoms in total. The fraction of sp³-hybridized carbons (Fsp3) is 0.385. The summed E-state index contributed by atoms with van der Waals surface area (Å²) in [5.41, 5.74) is 0. The van der Waals surface area contributed by atoms with Crippen LogP contribution in [0.2, 0.25) is 0 Å². The number of aromatic nitrogens is 2. The first-order chi connectivity index (χ1) is 9.28. The molecule has 0 aliphatic carbocycles. The summed E-state index contributed by atoms with van der Waals surface area (Å²) in [6, 6.07) is 4.03. The van der Waals surface area contributed by atoms with Crippen LogP contribution in [0.5, 0.6) is 0 Å². The zero-order chi connectivity index (χ0) is 13.5. The lowest BCUT2D eigenvalue weighted by Gasteiger charge is -2.03. The van der Waals surface area contributed by atoms with Gasteiger partial charge < -0.3 is 14.6 Å². The van der Waals surface area contributed by atoms with Crippen LogP contribution in [0.1, 0.15) is 9.75 Å². The molecule has 0 aliphatic heterocycles. The monoisotopic (exact) mass is 279 g/mol. The maximum absolute atomic E-state index is 11.1. The Hall–Kier alpha value is -1.66. The second kappa shape index (κ2) is 7.06. The maximum atomic E-state index is 11.1. The molecule has 102 valence electrons. The van der Waals surface area contributed by atoms with Gasteiger partial charge in [-0.05, 0) is 12.1 Å². The summed E-state index contributed by atoms with van der Waals surface area (Å²) in [5, 5.41) is 3.37. The summed E-state index contributed by atoms with van der Waals surface area (Å²) in [6.07, 6.45) is 5.89. The highest BCUT2D eigenvalue weighted by atomic mass is 32.1. The van der Waals surface area contributed by atoms with E-state index in [4.69, 9.17) is 0 Å². The number of rotatable bonds is 7. The van der Waals surface area contributed by atoms with E-state index < -0.39 is 0 Å². The lowest BCUT2D eigenvalue weighted by molar-refractivity contribution is -0.139. The molecular weight excluding hydrogens is 262 g/mol. The fourth-order valence-electron chi connectivity index (χ4n) is 1.67. The molecule has 19 heavy (non-hydrogen) atoms. The minimum absolute atomic E-state index is 0.193. The van der Waals surface area contributed by atoms with Gasteiger partial charge in [-0.25, -0.2) is 4.98 Å². The molecule has 1 N–H and O–H groups in total. The molecule has 2 aromatic heterocycles. The number of esters is 1. The van der Waals surface area contributed by atoms with Crippen LogP contribution in [0.4, 0.5) is 0 Å². The Morgan fingerprint density at radius 2 is 2.32 bits per heavy atom. The van der Waals surface area contributed by atoms with Gasteiger partial charge in [-0.1, -0.05) is 0 Å². The molecule has 0 amide bonds. The van der Waals surface area contributed by atoms with Crippen molar-refractivity contribution in [3.63, 3.8) is 0 Å². The van der Waals surface area contributed by atoms with Crippen molar-refractivity contribution < 1.29 is 9.53 Å². The van der Waals surface area contributed by atoms with Crippen molar-refractivity contribution in [3.8, 4) is 0 Å². The molecule has 0 spiro atoms. The molecule has 0 radical (unpaired) electrons. The third-order valence-corrected chi connectivity index (χ3v) is 3.75. The van der Waals surface area contributed by atoms with Gasteiger partial charge in [-0.3, -0.25) is 4.79 Å². The summed E-state index contributed by atoms with van der Waals surface area (Å²) >= 11 is 1.64. The van der Waals surface area contributed by atoms with E-state index in [-0.39, 0.29) is 5.97 Å². The minimum Gasteiger partial charge on any atom is -0.469 e. The predicted molar refractivity (Wildman–Crippen MR) is 74.0 cm³/mol. The van der Waals surface area contributed by atoms with E-state index in [9.17, 15) is 4.79 Å². The summed E-state index contributed by atoms with van der Waals surface area (Å²) in [6.45, 7) is 2.61. The lowest BCUT2D eigenvalue weighted by Crippen LogP contribution is -2.18. The van der Waals surface area contributed by atoms with Gasteiger partial charge in [-0.2, -0.15) is 0 Å². The van der Waals surface area contributed by atoms with E-state index in [1.165, 1.54) is 12.0 Å². The van der Waals surface area contributed by atoms with Crippen LogP contribution in [-0.2, 0) is 29.0 Å². The van der Waals surface area contributed by atoms with E-state index in [1.807, 2.05) is 22.9 Å². The quantitative estimate of drug-likeness (QED) is 0.615. The van der Waals surface area contributed by atoms with Crippen molar-refractivity contribution >= 4 is 17.3 Å². The van der Waals surface area contributed by atoms with E-state index in [2.05, 4.69) is 15.0 Å². The van der Waals surface area contributed by atoms with Crippen LogP contribution in [-0.4, -0.2) is 29.2 Å². The maximum Gasteiger partial charge on any atom is 0.310 e. The normalized spacial score (nSPS) is 10.6. The second-order valence-electron chi connectivity index (χ2n) is 4.10. The Morgan fingerprint density at radius 3 is 3.05 bits per heavy atom. The number of nitrogens with zero attached hydrogens (tertiary/aromatic N) is 2. The zero-order valence-corrected chi connectivity index (χ0v) is 11.7. The van der Waals surface area contributed by atoms with Gasteiger partial charge in [0, 0.05) is 41.8 Å². The first-order valence-electron chi connectivity index (χ1n) is 6.09. The second-order valence-corrected chi connectivity index (χ2v) is 5.35. The fourth-order valence-corrected chi connectivity index (χ4v) is 2.64. The van der Waals surface area contributed by atoms with Gasteiger partial charge in [0.05, 0.1) is 19.9 Å². The zero-order valence-electron chi connectivity index (χ0n) is 10.8. The third kappa shape index (κ3) is 4.50. The molecule has 2 rings (SSSR count). The molecule has 0 aromatic carbocycles. The molecular formula is C13H17N3O2S. The number of imidazole rings is 1. The number of carbonyl (C=O) groups is 1. The number of hydrogen-bond acceptors (Lipinski definition) is 5. The van der Waals surface area contributed by atoms with E-state index in [0.717, 1.165) is 24.5 Å². The highest BCUT2D eigenvalue weighted by Gasteiger charge is 2.05. The van der Waals surface area contributed by atoms with E-state index >= 15 is 0 Å². The van der Waals surface area contributed by atoms with Crippen molar-refractivity contribution in [1.29, 1.82) is 0 Å². The topological polar surface area (TPSA) is 56.1 Å². The van der Waals surface area contributed by atoms with Crippen molar-refractivity contribution in [2.24, 2.45) is 0 Å². The summed E-state index contributed by atoms with van der Waals surface area (Å²) in [7, 11) is 1.41. The van der Waals surface area contributed by atoms with Crippen LogP contribution in [0.25, 0.3) is 0 Å². The van der Waals surface area contributed by atoms with Gasteiger partial charge >= 0.3 is 5.97 Å². The summed E-state index contributed by atoms with van der Waals surface area (Å²) < 4.78 is 6.68. The summed E-state index contributed by atoms with van der Waals surface area (Å²) in [4.78, 5) is 17.4. The number of methoxy groups -OCH3 is 1. The van der Waals surface area contributed by atoms with Crippen molar-refractivity contribution in [1.82, 2.24) is 14.9 Å². The van der Waals surface area contributed by atoms with Crippen molar-refractivity contribution in [3.05, 3.63) is 40.6 Å². The minimum atomic E-state index is -0.193. The number of hydrogen-bond donors (Lipinski definition) is 1. The van der Waals surface area contributed by atoms with Crippen LogP contribution in [0.3, 0.4) is 0 Å². The van der Waals surface area contributed by atoms with Crippen molar-refractivity contribution in [2.45, 2.75) is 19.5 Å². The van der Waals surface area contributed by atoms with E-state index in [0.29, 0.717) is 6.42 Å². The summed E-state index contributed by atoms with van der Waals surface area (Å²) in [5.74, 6) is -0.193. The van der Waals surface area contributed by atoms with Gasteiger partial charge in [0.2, 0.25) is 0 Å². The van der Waals surface area contributed by atoms with Crippen molar-refractivity contribution in [2.75, 3.05) is 13.7 Å². The van der Waals surface area contributed by atoms with Crippen LogP contribution in [0.15, 0.2) is 30.9 Å². The lowest BCUT2D eigenvalue weighted by atomic mass is 10.3. The van der Waals surface area contributed by atoms with Gasteiger partial charge in [0.1, 0.15) is 0 Å². The molecule has 0 atom stereocenters. The average molecular weight is 279 g/mol. The van der Waals surface area contributed by atoms with E-state index in [1.54, 1.807) is 23.9 Å². The smallest absolute Gasteiger partial charge is 0.310 e. The SMILES string of the molecule is COC(=O)Cc1ccc(CNCCn2ccnc2)s1. The van der Waals surface area contributed by atoms with Crippen LogP contribution < -0.4 is 5.32 Å². The molecule has 0 aliphatic rings. The predicted octanol–water partition coefficient (Wildman–Crippen LogP) is 1.45. The standard InChI is InChI=1S/C13H17N3O2S/c1-18-13(17)8-11-2-3-12(19-11)9-14-4-6-16-7-5-15-10-16/h2-3,5,7,10,14H,4,6,8-9H2,1H3. The Labute approximate surface area is 116 Å². The van der Waals surface area contributed by atoms with Gasteiger partial charge in [0.15, 0.2) is 0 Å². The first-order valence-corrected chi connectivity index (χ1v) is 6.90. The molecule has 2 aromatic rings. The number of ether oxygens (including phenoxy) is 1. The molecule has 6 heteroatoms. The molecule has 0 saturated carbocycles. The molecule has 0 unspecified atom stereocenters. The van der Waals surface area contributed by atoms with Gasteiger partial charge in [-0.15, -0.1) is 11.3 Å². The Kier molecular flexibility index (Phi) is 5.11. The number of carbonyl (C=O) groups excluding carboxylic acids is 1. The molecule has 0 saturated heterocycles. The van der Waals surface area contributed by atoms with Crippen LogP contribution >= 0.6 is 11.3 Å². The van der Waals surface area contributed by atoms with Crippen LogP contribution in [0, 0.1) is 0 Å². The highest BCUT2D eigenvalue weighted by Crippen LogP contribution is 2.17. The number of nitrogens with one attached hydrogen (secondary N) is 1. The molecule has 0 bridgehead atoms. The Balaban J connectivity index is 1.70. The first kappa shape index (κ1) is 13.8. The average Bonchev–Trinajstić information content (AvgIpc) is 3.06.